The van der Waals surface area contributed by atoms with Crippen molar-refractivity contribution in [2.45, 2.75) is 19.3 Å². The molecule has 0 aliphatic carbocycles. The van der Waals surface area contributed by atoms with Crippen LogP contribution in [-0.4, -0.2) is 30.9 Å². The number of Topliss-reactive ketones (excluding diaryl/α,β-unsaturated/α-hetero) is 1. The highest BCUT2D eigenvalue weighted by atomic mass is 16.5. The molecule has 0 bridgehead atoms. The van der Waals surface area contributed by atoms with E-state index < -0.39 is 0 Å². The van der Waals surface area contributed by atoms with E-state index in [9.17, 15) is 4.79 Å². The molecule has 2 heterocycles. The molecule has 2 aliphatic rings. The second kappa shape index (κ2) is 4.96. The van der Waals surface area contributed by atoms with Gasteiger partial charge in [-0.25, -0.2) is 0 Å². The van der Waals surface area contributed by atoms with Crippen LogP contribution in [0.4, 0.5) is 0 Å². The summed E-state index contributed by atoms with van der Waals surface area (Å²) in [5, 5.41) is 0. The largest absolute Gasteiger partial charge is 0.497 e. The Labute approximate surface area is 112 Å². The van der Waals surface area contributed by atoms with Crippen molar-refractivity contribution in [3.8, 4) is 11.5 Å². The fourth-order valence-corrected chi connectivity index (χ4v) is 2.50. The van der Waals surface area contributed by atoms with E-state index in [1.54, 1.807) is 25.3 Å². The van der Waals surface area contributed by atoms with E-state index in [2.05, 4.69) is 4.90 Å². The van der Waals surface area contributed by atoms with Gasteiger partial charge in [0.05, 0.1) is 12.7 Å². The van der Waals surface area contributed by atoms with E-state index in [0.717, 1.165) is 13.1 Å². The number of fused-ring (bicyclic) bond motifs is 1. The van der Waals surface area contributed by atoms with Crippen LogP contribution in [0.5, 0.6) is 11.5 Å². The van der Waals surface area contributed by atoms with Crippen LogP contribution in [0.1, 0.15) is 29.6 Å². The Morgan fingerprint density at radius 3 is 2.79 bits per heavy atom. The summed E-state index contributed by atoms with van der Waals surface area (Å²) < 4.78 is 10.8. The summed E-state index contributed by atoms with van der Waals surface area (Å²) in [4.78, 5) is 14.4. The minimum Gasteiger partial charge on any atom is -0.497 e. The number of ether oxygens (including phenoxy) is 2. The molecular formula is C15H17NO3. The molecule has 4 nitrogen and oxygen atoms in total. The van der Waals surface area contributed by atoms with Gasteiger partial charge in [-0.1, -0.05) is 0 Å². The van der Waals surface area contributed by atoms with Crippen LogP contribution in [0.15, 0.2) is 30.2 Å². The predicted octanol–water partition coefficient (Wildman–Crippen LogP) is 2.60. The van der Waals surface area contributed by atoms with Crippen LogP contribution in [0, 0.1) is 0 Å². The first-order valence-corrected chi connectivity index (χ1v) is 6.64. The Morgan fingerprint density at radius 2 is 2.05 bits per heavy atom. The number of carbonyl (C=O) groups excluding carboxylic acids is 1. The molecule has 4 heteroatoms. The Morgan fingerprint density at radius 1 is 1.26 bits per heavy atom. The summed E-state index contributed by atoms with van der Waals surface area (Å²) in [6.45, 7) is 2.00. The molecule has 1 saturated heterocycles. The smallest absolute Gasteiger partial charge is 0.233 e. The van der Waals surface area contributed by atoms with Gasteiger partial charge in [0, 0.05) is 25.4 Å². The number of benzene rings is 1. The van der Waals surface area contributed by atoms with Gasteiger partial charge in [0.15, 0.2) is 5.76 Å². The van der Waals surface area contributed by atoms with Crippen LogP contribution < -0.4 is 9.47 Å². The first-order valence-electron chi connectivity index (χ1n) is 6.64. The van der Waals surface area contributed by atoms with E-state index >= 15 is 0 Å². The average molecular weight is 259 g/mol. The highest BCUT2D eigenvalue weighted by Crippen LogP contribution is 2.34. The zero-order valence-corrected chi connectivity index (χ0v) is 11.0. The molecule has 0 aromatic heterocycles. The lowest BCUT2D eigenvalue weighted by Gasteiger charge is -2.24. The van der Waals surface area contributed by atoms with Crippen molar-refractivity contribution in [3.05, 3.63) is 35.7 Å². The van der Waals surface area contributed by atoms with Crippen molar-refractivity contribution in [1.29, 1.82) is 0 Å². The van der Waals surface area contributed by atoms with Gasteiger partial charge in [-0.3, -0.25) is 4.79 Å². The lowest BCUT2D eigenvalue weighted by atomic mass is 10.1. The van der Waals surface area contributed by atoms with Gasteiger partial charge in [0.1, 0.15) is 11.5 Å². The van der Waals surface area contributed by atoms with Crippen molar-refractivity contribution in [3.63, 3.8) is 0 Å². The molecule has 3 rings (SSSR count). The molecule has 0 radical (unpaired) electrons. The Bertz CT molecular complexity index is 530. The monoisotopic (exact) mass is 259 g/mol. The molecule has 0 saturated carbocycles. The fraction of sp³-hybridized carbons (Fsp3) is 0.400. The van der Waals surface area contributed by atoms with Gasteiger partial charge in [-0.15, -0.1) is 0 Å². The molecule has 0 N–H and O–H groups in total. The highest BCUT2D eigenvalue weighted by molar-refractivity contribution is 6.12. The molecule has 19 heavy (non-hydrogen) atoms. The number of methoxy groups -OCH3 is 1. The maximum absolute atomic E-state index is 12.2. The summed E-state index contributed by atoms with van der Waals surface area (Å²) in [5.74, 6) is 1.67. The number of hydrogen-bond acceptors (Lipinski definition) is 4. The van der Waals surface area contributed by atoms with Gasteiger partial charge in [0.2, 0.25) is 5.78 Å². The van der Waals surface area contributed by atoms with Gasteiger partial charge in [0.25, 0.3) is 0 Å². The number of hydrogen-bond donors (Lipinski definition) is 0. The van der Waals surface area contributed by atoms with Crippen molar-refractivity contribution in [2.75, 3.05) is 20.2 Å². The van der Waals surface area contributed by atoms with E-state index in [1.807, 2.05) is 6.20 Å². The SMILES string of the molecule is COc1ccc2c(c1)O/C(=C\N1CCCCC1)C2=O. The Balaban J connectivity index is 1.83. The van der Waals surface area contributed by atoms with Crippen LogP contribution in [0.3, 0.4) is 0 Å². The molecule has 2 aliphatic heterocycles. The quantitative estimate of drug-likeness (QED) is 0.765. The van der Waals surface area contributed by atoms with Crippen molar-refractivity contribution < 1.29 is 14.3 Å². The average Bonchev–Trinajstić information content (AvgIpc) is 2.76. The van der Waals surface area contributed by atoms with Gasteiger partial charge < -0.3 is 14.4 Å². The van der Waals surface area contributed by atoms with Crippen molar-refractivity contribution in [2.24, 2.45) is 0 Å². The van der Waals surface area contributed by atoms with Crippen LogP contribution >= 0.6 is 0 Å². The molecule has 0 unspecified atom stereocenters. The van der Waals surface area contributed by atoms with Gasteiger partial charge in [-0.05, 0) is 31.4 Å². The van der Waals surface area contributed by atoms with Gasteiger partial charge in [-0.2, -0.15) is 0 Å². The molecule has 0 atom stereocenters. The molecule has 100 valence electrons. The first kappa shape index (κ1) is 12.1. The van der Waals surface area contributed by atoms with E-state index in [1.165, 1.54) is 19.3 Å². The normalized spacial score (nSPS) is 20.4. The number of allylic oxidation sites excluding steroid dienone is 1. The number of rotatable bonds is 2. The topological polar surface area (TPSA) is 38.8 Å². The summed E-state index contributed by atoms with van der Waals surface area (Å²) in [5.41, 5.74) is 0.615. The minimum atomic E-state index is -0.0387. The summed E-state index contributed by atoms with van der Waals surface area (Å²) >= 11 is 0. The second-order valence-electron chi connectivity index (χ2n) is 4.88. The van der Waals surface area contributed by atoms with Crippen molar-refractivity contribution >= 4 is 5.78 Å². The molecular weight excluding hydrogens is 242 g/mol. The van der Waals surface area contributed by atoms with Crippen LogP contribution in [0.2, 0.25) is 0 Å². The molecule has 1 aromatic rings. The third-order valence-electron chi connectivity index (χ3n) is 3.57. The summed E-state index contributed by atoms with van der Waals surface area (Å²) in [6.07, 6.45) is 5.48. The number of nitrogens with zero attached hydrogens (tertiary/aromatic N) is 1. The summed E-state index contributed by atoms with van der Waals surface area (Å²) in [6, 6.07) is 5.29. The zero-order valence-electron chi connectivity index (χ0n) is 11.0. The number of likely N-dealkylation sites (tertiary alicyclic amines) is 1. The Hall–Kier alpha value is -1.97. The third kappa shape index (κ3) is 2.30. The van der Waals surface area contributed by atoms with E-state index in [4.69, 9.17) is 9.47 Å². The standard InChI is InChI=1S/C15H17NO3/c1-18-11-5-6-12-13(9-11)19-14(15(12)17)10-16-7-3-2-4-8-16/h5-6,9-10H,2-4,7-8H2,1H3/b14-10-. The third-order valence-corrected chi connectivity index (χ3v) is 3.57. The molecule has 1 fully saturated rings. The van der Waals surface area contributed by atoms with Crippen LogP contribution in [-0.2, 0) is 0 Å². The number of ketones is 1. The predicted molar refractivity (Wildman–Crippen MR) is 71.5 cm³/mol. The molecule has 1 aromatic carbocycles. The van der Waals surface area contributed by atoms with Crippen molar-refractivity contribution in [1.82, 2.24) is 4.90 Å². The maximum Gasteiger partial charge on any atom is 0.233 e. The number of piperidine rings is 1. The summed E-state index contributed by atoms with van der Waals surface area (Å²) in [7, 11) is 1.60. The second-order valence-corrected chi connectivity index (χ2v) is 4.88. The van der Waals surface area contributed by atoms with E-state index in [-0.39, 0.29) is 5.78 Å². The van der Waals surface area contributed by atoms with E-state index in [0.29, 0.717) is 22.8 Å². The first-order chi connectivity index (χ1) is 9.28. The lowest BCUT2D eigenvalue weighted by Crippen LogP contribution is -2.25. The highest BCUT2D eigenvalue weighted by Gasteiger charge is 2.28. The fourth-order valence-electron chi connectivity index (χ4n) is 2.50. The number of carbonyl (C=O) groups is 1. The maximum atomic E-state index is 12.2. The zero-order chi connectivity index (χ0) is 13.2. The minimum absolute atomic E-state index is 0.0387. The lowest BCUT2D eigenvalue weighted by molar-refractivity contribution is 0.101. The molecule has 0 amide bonds. The Kier molecular flexibility index (Phi) is 3.15. The van der Waals surface area contributed by atoms with Gasteiger partial charge >= 0.3 is 0 Å². The molecule has 0 spiro atoms. The van der Waals surface area contributed by atoms with Crippen LogP contribution in [0.25, 0.3) is 0 Å².